The molecule has 0 unspecified atom stereocenters. The lowest BCUT2D eigenvalue weighted by Crippen LogP contribution is -2.11. The van der Waals surface area contributed by atoms with Crippen molar-refractivity contribution >= 4 is 31.6 Å². The molecule has 0 bridgehead atoms. The number of nitrogens with one attached hydrogen (secondary N) is 1. The molecule has 1 aromatic heterocycles. The third kappa shape index (κ3) is 4.23. The summed E-state index contributed by atoms with van der Waals surface area (Å²) in [6, 6.07) is 0. The summed E-state index contributed by atoms with van der Waals surface area (Å²) in [4.78, 5) is 8.45. The van der Waals surface area contributed by atoms with E-state index in [0.29, 0.717) is 11.6 Å². The average molecular weight is 322 g/mol. The van der Waals surface area contributed by atoms with Crippen molar-refractivity contribution in [2.45, 2.75) is 26.0 Å². The van der Waals surface area contributed by atoms with E-state index in [4.69, 9.17) is 0 Å². The van der Waals surface area contributed by atoms with Crippen LogP contribution in [0.1, 0.15) is 25.4 Å². The monoisotopic (exact) mass is 321 g/mol. The second kappa shape index (κ2) is 5.77. The lowest BCUT2D eigenvalue weighted by atomic mass is 10.3. The molecule has 0 saturated heterocycles. The highest BCUT2D eigenvalue weighted by molar-refractivity contribution is 9.10. The largest absolute Gasteiger partial charge is 0.369 e. The van der Waals surface area contributed by atoms with E-state index in [9.17, 15) is 8.42 Å². The fourth-order valence-electron chi connectivity index (χ4n) is 1.36. The summed E-state index contributed by atoms with van der Waals surface area (Å²) in [5.74, 6) is 0.854. The van der Waals surface area contributed by atoms with Crippen molar-refractivity contribution in [2.24, 2.45) is 0 Å². The number of nitrogens with zero attached hydrogens (tertiary/aromatic N) is 2. The van der Waals surface area contributed by atoms with Crippen LogP contribution in [0.3, 0.4) is 0 Å². The fourth-order valence-corrected chi connectivity index (χ4v) is 2.56. The number of sulfone groups is 1. The molecule has 1 aromatic rings. The Labute approximate surface area is 110 Å². The van der Waals surface area contributed by atoms with E-state index in [2.05, 4.69) is 31.2 Å². The van der Waals surface area contributed by atoms with Gasteiger partial charge in [0.15, 0.2) is 9.84 Å². The Bertz CT molecular complexity index is 503. The zero-order valence-corrected chi connectivity index (χ0v) is 12.5. The average Bonchev–Trinajstić information content (AvgIpc) is 2.20. The molecule has 0 saturated carbocycles. The molecule has 0 spiro atoms. The van der Waals surface area contributed by atoms with Gasteiger partial charge in [0.05, 0.1) is 10.2 Å². The van der Waals surface area contributed by atoms with Crippen LogP contribution < -0.4 is 5.32 Å². The van der Waals surface area contributed by atoms with Crippen molar-refractivity contribution in [3.63, 3.8) is 0 Å². The fraction of sp³-hybridized carbons (Fsp3) is 0.600. The minimum absolute atomic E-state index is 0.133. The van der Waals surface area contributed by atoms with Crippen molar-refractivity contribution in [3.8, 4) is 0 Å². The Hall–Kier alpha value is -0.690. The molecule has 1 rings (SSSR count). The highest BCUT2D eigenvalue weighted by atomic mass is 79.9. The smallest absolute Gasteiger partial charge is 0.154 e. The summed E-state index contributed by atoms with van der Waals surface area (Å²) < 4.78 is 23.3. The molecule has 0 aliphatic rings. The molecule has 7 heteroatoms. The van der Waals surface area contributed by atoms with E-state index >= 15 is 0 Å². The van der Waals surface area contributed by atoms with Gasteiger partial charge in [0.2, 0.25) is 0 Å². The van der Waals surface area contributed by atoms with E-state index in [1.54, 1.807) is 0 Å². The Kier molecular flexibility index (Phi) is 4.88. The Morgan fingerprint density at radius 2 is 1.94 bits per heavy atom. The normalized spacial score (nSPS) is 11.5. The molecule has 0 fully saturated rings. The van der Waals surface area contributed by atoms with Crippen LogP contribution in [0.15, 0.2) is 4.47 Å². The van der Waals surface area contributed by atoms with Gasteiger partial charge in [-0.15, -0.1) is 0 Å². The highest BCUT2D eigenvalue weighted by Crippen LogP contribution is 2.24. The molecule has 0 aromatic carbocycles. The van der Waals surface area contributed by atoms with Crippen LogP contribution in [0.5, 0.6) is 0 Å². The van der Waals surface area contributed by atoms with Crippen LogP contribution >= 0.6 is 15.9 Å². The Balaban J connectivity index is 3.20. The molecule has 0 atom stereocenters. The predicted octanol–water partition coefficient (Wildman–Crippen LogP) is 1.78. The summed E-state index contributed by atoms with van der Waals surface area (Å²) in [7, 11) is -3.11. The minimum atomic E-state index is -3.11. The number of aryl methyl sites for hydroxylation is 1. The number of aromatic nitrogens is 2. The van der Waals surface area contributed by atoms with Crippen molar-refractivity contribution in [1.82, 2.24) is 9.97 Å². The molecule has 1 N–H and O–H groups in total. The van der Waals surface area contributed by atoms with Gasteiger partial charge in [0.25, 0.3) is 0 Å². The van der Waals surface area contributed by atoms with Crippen LogP contribution in [-0.2, 0) is 22.0 Å². The Morgan fingerprint density at radius 3 is 2.41 bits per heavy atom. The molecule has 0 radical (unpaired) electrons. The zero-order valence-electron chi connectivity index (χ0n) is 10.1. The van der Waals surface area contributed by atoms with E-state index in [-0.39, 0.29) is 5.75 Å². The molecular formula is C10H16BrN3O2S. The third-order valence-corrected chi connectivity index (χ3v) is 3.65. The van der Waals surface area contributed by atoms with Crippen molar-refractivity contribution in [3.05, 3.63) is 16.0 Å². The second-order valence-corrected chi connectivity index (χ2v) is 6.64. The number of rotatable bonds is 5. The first-order chi connectivity index (χ1) is 7.87. The van der Waals surface area contributed by atoms with Gasteiger partial charge in [-0.2, -0.15) is 0 Å². The summed E-state index contributed by atoms with van der Waals surface area (Å²) in [5.41, 5.74) is 0.814. The lowest BCUT2D eigenvalue weighted by Gasteiger charge is -2.10. The van der Waals surface area contributed by atoms with Crippen LogP contribution in [-0.4, -0.2) is 31.2 Å². The zero-order chi connectivity index (χ0) is 13.1. The molecule has 0 aliphatic heterocycles. The summed E-state index contributed by atoms with van der Waals surface area (Å²) in [5, 5.41) is 3.08. The predicted molar refractivity (Wildman–Crippen MR) is 71.8 cm³/mol. The maximum atomic E-state index is 11.2. The van der Waals surface area contributed by atoms with Gasteiger partial charge < -0.3 is 5.32 Å². The minimum Gasteiger partial charge on any atom is -0.369 e. The topological polar surface area (TPSA) is 72.0 Å². The third-order valence-electron chi connectivity index (χ3n) is 2.04. The molecule has 0 aliphatic carbocycles. The van der Waals surface area contributed by atoms with E-state index in [1.807, 2.05) is 13.8 Å². The first-order valence-corrected chi connectivity index (χ1v) is 8.19. The Morgan fingerprint density at radius 1 is 1.29 bits per heavy atom. The van der Waals surface area contributed by atoms with E-state index in [1.165, 1.54) is 6.26 Å². The molecule has 96 valence electrons. The van der Waals surface area contributed by atoms with Gasteiger partial charge in [-0.1, -0.05) is 6.92 Å². The van der Waals surface area contributed by atoms with Crippen molar-refractivity contribution in [2.75, 3.05) is 18.1 Å². The van der Waals surface area contributed by atoms with E-state index < -0.39 is 9.84 Å². The number of hydrogen-bond acceptors (Lipinski definition) is 5. The molecule has 17 heavy (non-hydrogen) atoms. The first kappa shape index (κ1) is 14.4. The van der Waals surface area contributed by atoms with Gasteiger partial charge in [0.1, 0.15) is 17.4 Å². The highest BCUT2D eigenvalue weighted by Gasteiger charge is 2.14. The summed E-state index contributed by atoms with van der Waals surface area (Å²) >= 11 is 3.42. The summed E-state index contributed by atoms with van der Waals surface area (Å²) in [6.45, 7) is 4.64. The standard InChI is InChI=1S/C10H16BrN3O2S/c1-4-7-9(11)10(12-5-2)14-8(13-7)6-17(3,15)16/h4-6H2,1-3H3,(H,12,13,14). The maximum Gasteiger partial charge on any atom is 0.154 e. The van der Waals surface area contributed by atoms with Gasteiger partial charge in [-0.3, -0.25) is 0 Å². The maximum absolute atomic E-state index is 11.2. The van der Waals surface area contributed by atoms with Gasteiger partial charge >= 0.3 is 0 Å². The number of anilines is 1. The quantitative estimate of drug-likeness (QED) is 0.895. The van der Waals surface area contributed by atoms with Gasteiger partial charge in [0, 0.05) is 12.8 Å². The van der Waals surface area contributed by atoms with Gasteiger partial charge in [-0.05, 0) is 29.3 Å². The number of halogens is 1. The first-order valence-electron chi connectivity index (χ1n) is 5.34. The van der Waals surface area contributed by atoms with E-state index in [0.717, 1.165) is 23.1 Å². The molecular weight excluding hydrogens is 306 g/mol. The molecule has 0 amide bonds. The van der Waals surface area contributed by atoms with Crippen LogP contribution in [0.4, 0.5) is 5.82 Å². The van der Waals surface area contributed by atoms with Crippen molar-refractivity contribution < 1.29 is 8.42 Å². The van der Waals surface area contributed by atoms with Crippen molar-refractivity contribution in [1.29, 1.82) is 0 Å². The lowest BCUT2D eigenvalue weighted by molar-refractivity contribution is 0.599. The summed E-state index contributed by atoms with van der Waals surface area (Å²) in [6.07, 6.45) is 1.90. The van der Waals surface area contributed by atoms with Crippen LogP contribution in [0.25, 0.3) is 0 Å². The van der Waals surface area contributed by atoms with Crippen LogP contribution in [0, 0.1) is 0 Å². The number of hydrogen-bond donors (Lipinski definition) is 1. The second-order valence-electron chi connectivity index (χ2n) is 3.70. The van der Waals surface area contributed by atoms with Gasteiger partial charge in [-0.25, -0.2) is 18.4 Å². The molecule has 5 nitrogen and oxygen atoms in total. The van der Waals surface area contributed by atoms with Crippen LogP contribution in [0.2, 0.25) is 0 Å². The molecule has 1 heterocycles. The SMILES string of the molecule is CCNc1nc(CS(C)(=O)=O)nc(CC)c1Br.